The van der Waals surface area contributed by atoms with Gasteiger partial charge in [-0.1, -0.05) is 12.1 Å². The molecule has 1 aromatic rings. The predicted octanol–water partition coefficient (Wildman–Crippen LogP) is 1.08. The van der Waals surface area contributed by atoms with Gasteiger partial charge in [-0.2, -0.15) is 4.31 Å². The van der Waals surface area contributed by atoms with Gasteiger partial charge in [-0.05, 0) is 30.5 Å². The number of halogens is 2. The van der Waals surface area contributed by atoms with Crippen molar-refractivity contribution in [1.82, 2.24) is 14.9 Å². The van der Waals surface area contributed by atoms with Gasteiger partial charge in [-0.15, -0.1) is 0 Å². The molecule has 0 spiro atoms. The maximum absolute atomic E-state index is 13.1. The number of carbonyl (C=O) groups excluding carboxylic acids is 1. The van der Waals surface area contributed by atoms with Gasteiger partial charge >= 0.3 is 0 Å². The second kappa shape index (κ2) is 6.97. The van der Waals surface area contributed by atoms with Crippen LogP contribution in [0.25, 0.3) is 0 Å². The first-order valence-corrected chi connectivity index (χ1v) is 9.70. The minimum absolute atomic E-state index is 0.159. The van der Waals surface area contributed by atoms with Crippen molar-refractivity contribution in [1.29, 1.82) is 0 Å². The summed E-state index contributed by atoms with van der Waals surface area (Å²) in [5.41, 5.74) is 0.707. The predicted molar refractivity (Wildman–Crippen MR) is 87.6 cm³/mol. The van der Waals surface area contributed by atoms with E-state index in [1.54, 1.807) is 12.1 Å². The van der Waals surface area contributed by atoms with E-state index >= 15 is 0 Å². The molecule has 2 aliphatic heterocycles. The van der Waals surface area contributed by atoms with Gasteiger partial charge in [0.15, 0.2) is 0 Å². The Hall–Kier alpha value is -1.58. The first-order valence-electron chi connectivity index (χ1n) is 8.26. The molecular weight excluding hydrogens is 352 g/mol. The molecule has 1 amide bonds. The van der Waals surface area contributed by atoms with Crippen molar-refractivity contribution in [2.24, 2.45) is 0 Å². The summed E-state index contributed by atoms with van der Waals surface area (Å²) in [6.07, 6.45) is 1.24. The molecule has 1 unspecified atom stereocenters. The summed E-state index contributed by atoms with van der Waals surface area (Å²) in [4.78, 5) is 12.1. The first-order chi connectivity index (χ1) is 11.8. The molecule has 0 bridgehead atoms. The molecule has 0 saturated carbocycles. The quantitative estimate of drug-likeness (QED) is 0.810. The molecule has 0 aliphatic carbocycles. The van der Waals surface area contributed by atoms with E-state index in [1.165, 1.54) is 16.4 Å². The van der Waals surface area contributed by atoms with Gasteiger partial charge in [0.05, 0.1) is 17.5 Å². The van der Waals surface area contributed by atoms with E-state index in [0.717, 1.165) is 12.8 Å². The van der Waals surface area contributed by atoms with Gasteiger partial charge in [-0.3, -0.25) is 10.1 Å². The highest BCUT2D eigenvalue weighted by Gasteiger charge is 2.42. The molecule has 9 heteroatoms. The lowest BCUT2D eigenvalue weighted by molar-refractivity contribution is -0.123. The van der Waals surface area contributed by atoms with Crippen LogP contribution in [0.3, 0.4) is 0 Å². The highest BCUT2D eigenvalue weighted by Crippen LogP contribution is 2.25. The molecule has 2 saturated heterocycles. The van der Waals surface area contributed by atoms with Crippen molar-refractivity contribution in [2.75, 3.05) is 19.6 Å². The minimum atomic E-state index is -3.46. The molecule has 3 rings (SSSR count). The number of sulfonamides is 1. The summed E-state index contributed by atoms with van der Waals surface area (Å²) in [6.45, 7) is 0.749. The topological polar surface area (TPSA) is 78.5 Å². The number of alkyl halides is 2. The van der Waals surface area contributed by atoms with E-state index in [4.69, 9.17) is 0 Å². The highest BCUT2D eigenvalue weighted by atomic mass is 32.2. The zero-order chi connectivity index (χ0) is 18.1. The molecule has 1 atom stereocenters. The summed E-state index contributed by atoms with van der Waals surface area (Å²) >= 11 is 0. The number of hydrogen-bond acceptors (Lipinski definition) is 4. The Kier molecular flexibility index (Phi) is 5.08. The van der Waals surface area contributed by atoms with Crippen LogP contribution in [0, 0.1) is 0 Å². The third-order valence-corrected chi connectivity index (χ3v) is 6.43. The fourth-order valence-corrected chi connectivity index (χ4v) is 4.59. The number of benzene rings is 1. The lowest BCUT2D eigenvalue weighted by Crippen LogP contribution is -2.40. The molecule has 1 aromatic carbocycles. The molecule has 25 heavy (non-hydrogen) atoms. The SMILES string of the molecule is O=C(NCc1ccc(S(=O)(=O)N2CCCC2)cc1)C1CC(F)(F)CN1. The third kappa shape index (κ3) is 4.16. The molecule has 2 N–H and O–H groups in total. The summed E-state index contributed by atoms with van der Waals surface area (Å²) in [7, 11) is -3.46. The maximum Gasteiger partial charge on any atom is 0.262 e. The number of nitrogens with one attached hydrogen (secondary N) is 2. The lowest BCUT2D eigenvalue weighted by Gasteiger charge is -2.16. The molecule has 0 radical (unpaired) electrons. The van der Waals surface area contributed by atoms with Crippen LogP contribution in [-0.4, -0.2) is 50.2 Å². The maximum atomic E-state index is 13.1. The number of nitrogens with zero attached hydrogens (tertiary/aromatic N) is 1. The molecule has 6 nitrogen and oxygen atoms in total. The van der Waals surface area contributed by atoms with Crippen LogP contribution >= 0.6 is 0 Å². The summed E-state index contributed by atoms with van der Waals surface area (Å²) in [5.74, 6) is -3.33. The van der Waals surface area contributed by atoms with E-state index in [1.807, 2.05) is 0 Å². The lowest BCUT2D eigenvalue weighted by atomic mass is 10.1. The van der Waals surface area contributed by atoms with E-state index in [2.05, 4.69) is 10.6 Å². The monoisotopic (exact) mass is 373 g/mol. The number of amides is 1. The van der Waals surface area contributed by atoms with Crippen LogP contribution < -0.4 is 10.6 Å². The van der Waals surface area contributed by atoms with E-state index in [-0.39, 0.29) is 11.4 Å². The third-order valence-electron chi connectivity index (χ3n) is 4.52. The van der Waals surface area contributed by atoms with E-state index in [0.29, 0.717) is 18.7 Å². The number of hydrogen-bond donors (Lipinski definition) is 2. The van der Waals surface area contributed by atoms with E-state index in [9.17, 15) is 22.0 Å². The fraction of sp³-hybridized carbons (Fsp3) is 0.562. The Balaban J connectivity index is 1.57. The van der Waals surface area contributed by atoms with Crippen molar-refractivity contribution in [2.45, 2.75) is 42.7 Å². The Labute approximate surface area is 145 Å². The van der Waals surface area contributed by atoms with Gasteiger partial charge in [-0.25, -0.2) is 17.2 Å². The number of rotatable bonds is 5. The average molecular weight is 373 g/mol. The van der Waals surface area contributed by atoms with Crippen molar-refractivity contribution in [3.63, 3.8) is 0 Å². The van der Waals surface area contributed by atoms with Crippen LogP contribution in [0.2, 0.25) is 0 Å². The highest BCUT2D eigenvalue weighted by molar-refractivity contribution is 7.89. The van der Waals surface area contributed by atoms with E-state index < -0.39 is 40.9 Å². The molecule has 2 aliphatic rings. The van der Waals surface area contributed by atoms with Crippen LogP contribution in [0.5, 0.6) is 0 Å². The Bertz CT molecular complexity index is 731. The Morgan fingerprint density at radius 2 is 1.88 bits per heavy atom. The average Bonchev–Trinajstić information content (AvgIpc) is 3.23. The van der Waals surface area contributed by atoms with Crippen LogP contribution in [0.1, 0.15) is 24.8 Å². The molecule has 0 aromatic heterocycles. The normalized spacial score (nSPS) is 23.7. The van der Waals surface area contributed by atoms with Gasteiger partial charge < -0.3 is 5.32 Å². The van der Waals surface area contributed by atoms with Crippen LogP contribution in [0.15, 0.2) is 29.2 Å². The molecule has 2 heterocycles. The smallest absolute Gasteiger partial charge is 0.262 e. The zero-order valence-electron chi connectivity index (χ0n) is 13.7. The molecular formula is C16H21F2N3O3S. The van der Waals surface area contributed by atoms with Crippen LogP contribution in [-0.2, 0) is 21.4 Å². The van der Waals surface area contributed by atoms with Gasteiger partial charge in [0.1, 0.15) is 0 Å². The Morgan fingerprint density at radius 1 is 1.24 bits per heavy atom. The Morgan fingerprint density at radius 3 is 2.44 bits per heavy atom. The second-order valence-electron chi connectivity index (χ2n) is 6.47. The van der Waals surface area contributed by atoms with Crippen LogP contribution in [0.4, 0.5) is 8.78 Å². The standard InChI is InChI=1S/C16H21F2N3O3S/c17-16(18)9-14(20-11-16)15(22)19-10-12-3-5-13(6-4-12)25(23,24)21-7-1-2-8-21/h3-6,14,20H,1-2,7-11H2,(H,19,22). The van der Waals surface area contributed by atoms with Crippen molar-refractivity contribution < 1.29 is 22.0 Å². The van der Waals surface area contributed by atoms with Gasteiger partial charge in [0.2, 0.25) is 15.9 Å². The minimum Gasteiger partial charge on any atom is -0.351 e. The van der Waals surface area contributed by atoms with Gasteiger partial charge in [0.25, 0.3) is 5.92 Å². The zero-order valence-corrected chi connectivity index (χ0v) is 14.5. The molecule has 2 fully saturated rings. The largest absolute Gasteiger partial charge is 0.351 e. The first kappa shape index (κ1) is 18.2. The molecule has 138 valence electrons. The fourth-order valence-electron chi connectivity index (χ4n) is 3.07. The van der Waals surface area contributed by atoms with Gasteiger partial charge in [0, 0.05) is 26.1 Å². The van der Waals surface area contributed by atoms with Crippen molar-refractivity contribution in [3.8, 4) is 0 Å². The summed E-state index contributed by atoms with van der Waals surface area (Å²) < 4.78 is 52.5. The second-order valence-corrected chi connectivity index (χ2v) is 8.40. The summed E-state index contributed by atoms with van der Waals surface area (Å²) in [5, 5.41) is 5.09. The summed E-state index contributed by atoms with van der Waals surface area (Å²) in [6, 6.07) is 5.37. The van der Waals surface area contributed by atoms with Crippen molar-refractivity contribution in [3.05, 3.63) is 29.8 Å². The van der Waals surface area contributed by atoms with Crippen molar-refractivity contribution >= 4 is 15.9 Å². The number of carbonyl (C=O) groups is 1.